The fourth-order valence-corrected chi connectivity index (χ4v) is 2.47. The van der Waals surface area contributed by atoms with Gasteiger partial charge in [0.15, 0.2) is 11.0 Å². The summed E-state index contributed by atoms with van der Waals surface area (Å²) in [5.74, 6) is -0.00839. The minimum absolute atomic E-state index is 0.113. The van der Waals surface area contributed by atoms with Crippen LogP contribution in [0.5, 0.6) is 0 Å². The highest BCUT2D eigenvalue weighted by Gasteiger charge is 2.30. The maximum absolute atomic E-state index is 12.4. The summed E-state index contributed by atoms with van der Waals surface area (Å²) in [7, 11) is 1.60. The maximum Gasteiger partial charge on any atom is 0.407 e. The van der Waals surface area contributed by atoms with Gasteiger partial charge in [-0.15, -0.1) is 0 Å². The molecular weight excluding hydrogens is 284 g/mol. The normalized spacial score (nSPS) is 16.0. The maximum atomic E-state index is 12.4. The number of carbonyl (C=O) groups excluding carboxylic acids is 1. The van der Waals surface area contributed by atoms with Crippen LogP contribution in [0.2, 0.25) is 5.15 Å². The number of amides is 2. The molecule has 2 rings (SSSR count). The summed E-state index contributed by atoms with van der Waals surface area (Å²) in [6.45, 7) is 0.738. The number of hydrogen-bond donors (Lipinski definition) is 1. The Kier molecular flexibility index (Phi) is 4.39. The molecule has 0 aromatic carbocycles. The number of piperidine rings is 1. The second-order valence-electron chi connectivity index (χ2n) is 4.61. The van der Waals surface area contributed by atoms with Gasteiger partial charge in [-0.05, 0) is 12.8 Å². The lowest BCUT2D eigenvalue weighted by molar-refractivity contribution is -0.123. The van der Waals surface area contributed by atoms with Crippen LogP contribution in [0.4, 0.5) is 10.6 Å². The first-order valence-corrected chi connectivity index (χ1v) is 6.60. The van der Waals surface area contributed by atoms with E-state index >= 15 is 0 Å². The number of aromatic nitrogens is 2. The molecule has 7 nitrogen and oxygen atoms in total. The molecule has 0 aliphatic carbocycles. The van der Waals surface area contributed by atoms with Crippen LogP contribution < -0.4 is 4.90 Å². The molecule has 1 aliphatic rings. The minimum atomic E-state index is -0.943. The summed E-state index contributed by atoms with van der Waals surface area (Å²) in [6.07, 6.45) is 3.00. The zero-order valence-electron chi connectivity index (χ0n) is 11.0. The molecule has 1 saturated heterocycles. The fourth-order valence-electron chi connectivity index (χ4n) is 2.23. The van der Waals surface area contributed by atoms with E-state index in [-0.39, 0.29) is 17.0 Å². The van der Waals surface area contributed by atoms with E-state index < -0.39 is 6.09 Å². The van der Waals surface area contributed by atoms with Crippen molar-refractivity contribution in [1.29, 1.82) is 0 Å². The highest BCUT2D eigenvalue weighted by atomic mass is 35.5. The Balaban J connectivity index is 2.02. The van der Waals surface area contributed by atoms with Crippen molar-refractivity contribution in [3.05, 3.63) is 17.5 Å². The first-order chi connectivity index (χ1) is 9.50. The van der Waals surface area contributed by atoms with Gasteiger partial charge in [0.25, 0.3) is 0 Å². The summed E-state index contributed by atoms with van der Waals surface area (Å²) in [4.78, 5) is 33.8. The largest absolute Gasteiger partial charge is 0.465 e. The van der Waals surface area contributed by atoms with E-state index in [9.17, 15) is 9.59 Å². The van der Waals surface area contributed by atoms with Crippen molar-refractivity contribution in [2.45, 2.75) is 12.8 Å². The van der Waals surface area contributed by atoms with Crippen LogP contribution in [-0.4, -0.2) is 52.1 Å². The van der Waals surface area contributed by atoms with E-state index in [0.29, 0.717) is 31.7 Å². The van der Waals surface area contributed by atoms with Gasteiger partial charge in [0.1, 0.15) is 0 Å². The Labute approximate surface area is 121 Å². The average molecular weight is 299 g/mol. The van der Waals surface area contributed by atoms with Crippen molar-refractivity contribution in [2.75, 3.05) is 25.0 Å². The number of likely N-dealkylation sites (tertiary alicyclic amines) is 1. The molecule has 1 aliphatic heterocycles. The van der Waals surface area contributed by atoms with Gasteiger partial charge in [-0.1, -0.05) is 11.6 Å². The molecule has 108 valence electrons. The molecule has 0 spiro atoms. The smallest absolute Gasteiger partial charge is 0.407 e. The zero-order valence-corrected chi connectivity index (χ0v) is 11.7. The predicted octanol–water partition coefficient (Wildman–Crippen LogP) is 1.48. The Morgan fingerprint density at radius 3 is 2.50 bits per heavy atom. The fraction of sp³-hybridized carbons (Fsp3) is 0.500. The lowest BCUT2D eigenvalue weighted by Crippen LogP contribution is -2.43. The molecule has 1 aromatic heterocycles. The number of carboxylic acid groups (broad SMARTS) is 1. The number of hydrogen-bond acceptors (Lipinski definition) is 4. The van der Waals surface area contributed by atoms with Crippen molar-refractivity contribution in [3.63, 3.8) is 0 Å². The minimum Gasteiger partial charge on any atom is -0.465 e. The Morgan fingerprint density at radius 2 is 1.95 bits per heavy atom. The van der Waals surface area contributed by atoms with Gasteiger partial charge in [-0.2, -0.15) is 0 Å². The molecule has 8 heteroatoms. The molecule has 0 radical (unpaired) electrons. The van der Waals surface area contributed by atoms with E-state index in [1.165, 1.54) is 22.2 Å². The van der Waals surface area contributed by atoms with Crippen LogP contribution in [0.25, 0.3) is 0 Å². The molecule has 1 fully saturated rings. The molecule has 20 heavy (non-hydrogen) atoms. The van der Waals surface area contributed by atoms with Gasteiger partial charge in [0.05, 0.1) is 0 Å². The number of nitrogens with zero attached hydrogens (tertiary/aromatic N) is 4. The van der Waals surface area contributed by atoms with Gasteiger partial charge in [-0.3, -0.25) is 9.69 Å². The number of rotatable bonds is 2. The van der Waals surface area contributed by atoms with E-state index in [0.717, 1.165) is 0 Å². The van der Waals surface area contributed by atoms with Crippen molar-refractivity contribution in [3.8, 4) is 0 Å². The van der Waals surface area contributed by atoms with E-state index in [4.69, 9.17) is 16.7 Å². The third-order valence-electron chi connectivity index (χ3n) is 3.40. The van der Waals surface area contributed by atoms with Gasteiger partial charge in [-0.25, -0.2) is 14.8 Å². The monoisotopic (exact) mass is 298 g/mol. The van der Waals surface area contributed by atoms with Gasteiger partial charge in [0, 0.05) is 38.4 Å². The summed E-state index contributed by atoms with van der Waals surface area (Å²) >= 11 is 5.91. The lowest BCUT2D eigenvalue weighted by atomic mass is 9.95. The highest BCUT2D eigenvalue weighted by Crippen LogP contribution is 2.24. The second-order valence-corrected chi connectivity index (χ2v) is 4.97. The van der Waals surface area contributed by atoms with Gasteiger partial charge >= 0.3 is 6.09 Å². The predicted molar refractivity (Wildman–Crippen MR) is 72.8 cm³/mol. The van der Waals surface area contributed by atoms with Crippen LogP contribution in [0, 0.1) is 5.92 Å². The molecule has 1 N–H and O–H groups in total. The third kappa shape index (κ3) is 2.98. The van der Waals surface area contributed by atoms with E-state index in [2.05, 4.69) is 9.97 Å². The third-order valence-corrected chi connectivity index (χ3v) is 3.67. The van der Waals surface area contributed by atoms with Crippen molar-refractivity contribution >= 4 is 29.4 Å². The summed E-state index contributed by atoms with van der Waals surface area (Å²) < 4.78 is 0. The van der Waals surface area contributed by atoms with E-state index in [1.54, 1.807) is 7.05 Å². The van der Waals surface area contributed by atoms with Crippen molar-refractivity contribution in [2.24, 2.45) is 5.92 Å². The Bertz CT molecular complexity index is 517. The topological polar surface area (TPSA) is 86.6 Å². The van der Waals surface area contributed by atoms with Crippen LogP contribution in [-0.2, 0) is 4.79 Å². The standard InChI is InChI=1S/C12H15ClN4O3/c1-16(10-9(13)14-4-5-15-10)11(18)8-2-6-17(7-3-8)12(19)20/h4-5,8H,2-3,6-7H2,1H3,(H,19,20). The Morgan fingerprint density at radius 1 is 1.35 bits per heavy atom. The average Bonchev–Trinajstić information content (AvgIpc) is 2.46. The van der Waals surface area contributed by atoms with Gasteiger partial charge in [0.2, 0.25) is 5.91 Å². The van der Waals surface area contributed by atoms with Crippen molar-refractivity contribution in [1.82, 2.24) is 14.9 Å². The van der Waals surface area contributed by atoms with Crippen molar-refractivity contribution < 1.29 is 14.7 Å². The molecule has 1 aromatic rings. The van der Waals surface area contributed by atoms with Crippen LogP contribution in [0.15, 0.2) is 12.4 Å². The highest BCUT2D eigenvalue weighted by molar-refractivity contribution is 6.32. The molecule has 2 heterocycles. The number of anilines is 1. The SMILES string of the molecule is CN(C(=O)C1CCN(C(=O)O)CC1)c1nccnc1Cl. The molecule has 2 amide bonds. The summed E-state index contributed by atoms with van der Waals surface area (Å²) in [5, 5.41) is 9.05. The zero-order chi connectivity index (χ0) is 14.7. The molecule has 0 saturated carbocycles. The van der Waals surface area contributed by atoms with Crippen LogP contribution >= 0.6 is 11.6 Å². The lowest BCUT2D eigenvalue weighted by Gasteiger charge is -2.31. The van der Waals surface area contributed by atoms with Crippen LogP contribution in [0.3, 0.4) is 0 Å². The summed E-state index contributed by atoms with van der Waals surface area (Å²) in [6, 6.07) is 0. The molecule has 0 unspecified atom stereocenters. The van der Waals surface area contributed by atoms with Crippen LogP contribution in [0.1, 0.15) is 12.8 Å². The van der Waals surface area contributed by atoms with E-state index in [1.807, 2.05) is 0 Å². The second kappa shape index (κ2) is 6.04. The first kappa shape index (κ1) is 14.5. The molecule has 0 bridgehead atoms. The summed E-state index contributed by atoms with van der Waals surface area (Å²) in [5.41, 5.74) is 0. The number of carbonyl (C=O) groups is 2. The molecule has 0 atom stereocenters. The first-order valence-electron chi connectivity index (χ1n) is 6.22. The quantitative estimate of drug-likeness (QED) is 0.893. The Hall–Kier alpha value is -1.89. The van der Waals surface area contributed by atoms with Gasteiger partial charge < -0.3 is 10.0 Å². The molecular formula is C12H15ClN4O3. The number of halogens is 1.